The van der Waals surface area contributed by atoms with E-state index >= 15 is 0 Å². The average Bonchev–Trinajstić information content (AvgIpc) is 2.34. The Hall–Kier alpha value is -0.420. The van der Waals surface area contributed by atoms with E-state index in [1.54, 1.807) is 0 Å². The molecule has 1 aromatic carbocycles. The predicted octanol–water partition coefficient (Wildman–Crippen LogP) is 1.79. The van der Waals surface area contributed by atoms with Crippen LogP contribution in [0.15, 0.2) is 24.3 Å². The fourth-order valence-electron chi connectivity index (χ4n) is 2.44. The monoisotopic (exact) mass is 286 g/mol. The third-order valence-electron chi connectivity index (χ3n) is 3.32. The molecule has 1 aromatic rings. The van der Waals surface area contributed by atoms with E-state index in [1.165, 1.54) is 5.56 Å². The summed E-state index contributed by atoms with van der Waals surface area (Å²) in [6.07, 6.45) is 0. The van der Waals surface area contributed by atoms with Crippen molar-refractivity contribution in [2.75, 3.05) is 24.6 Å². The summed E-state index contributed by atoms with van der Waals surface area (Å²) < 4.78 is 11.4. The lowest BCUT2D eigenvalue weighted by Gasteiger charge is -2.36. The molecule has 2 unspecified atom stereocenters. The van der Waals surface area contributed by atoms with E-state index in [0.717, 1.165) is 29.6 Å². The van der Waals surface area contributed by atoms with Gasteiger partial charge in [-0.1, -0.05) is 23.7 Å². The third kappa shape index (κ3) is 3.32. The molecule has 0 amide bonds. The van der Waals surface area contributed by atoms with E-state index in [-0.39, 0.29) is 12.1 Å². The molecular formula is C13H19ClN2OS. The number of hydrogen-bond acceptors (Lipinski definition) is 3. The van der Waals surface area contributed by atoms with Gasteiger partial charge in [0.1, 0.15) is 0 Å². The van der Waals surface area contributed by atoms with E-state index in [0.29, 0.717) is 0 Å². The fraction of sp³-hybridized carbons (Fsp3) is 0.538. The lowest BCUT2D eigenvalue weighted by atomic mass is 9.99. The van der Waals surface area contributed by atoms with Gasteiger partial charge in [-0.25, -0.2) is 0 Å². The SMILES string of the molecule is CC(N)C(c1ccc(Cl)cc1)N1CCS(=O)CC1. The van der Waals surface area contributed by atoms with E-state index in [2.05, 4.69) is 4.90 Å². The Kier molecular flexibility index (Phi) is 4.78. The van der Waals surface area contributed by atoms with E-state index in [4.69, 9.17) is 17.3 Å². The van der Waals surface area contributed by atoms with Crippen molar-refractivity contribution in [2.24, 2.45) is 5.73 Å². The van der Waals surface area contributed by atoms with Crippen LogP contribution >= 0.6 is 11.6 Å². The second-order valence-corrected chi connectivity index (χ2v) is 6.87. The molecule has 2 N–H and O–H groups in total. The van der Waals surface area contributed by atoms with Crippen LogP contribution in [0.4, 0.5) is 0 Å². The van der Waals surface area contributed by atoms with Gasteiger partial charge in [0.25, 0.3) is 0 Å². The minimum absolute atomic E-state index is 0.0395. The van der Waals surface area contributed by atoms with Crippen LogP contribution in [0.5, 0.6) is 0 Å². The summed E-state index contributed by atoms with van der Waals surface area (Å²) in [7, 11) is -0.654. The molecular weight excluding hydrogens is 268 g/mol. The molecule has 2 atom stereocenters. The molecule has 0 spiro atoms. The normalized spacial score (nSPS) is 21.7. The first-order valence-electron chi connectivity index (χ1n) is 6.18. The molecule has 1 saturated heterocycles. The molecule has 5 heteroatoms. The topological polar surface area (TPSA) is 46.3 Å². The predicted molar refractivity (Wildman–Crippen MR) is 77.3 cm³/mol. The highest BCUT2D eigenvalue weighted by molar-refractivity contribution is 7.85. The molecule has 100 valence electrons. The van der Waals surface area contributed by atoms with Gasteiger partial charge >= 0.3 is 0 Å². The van der Waals surface area contributed by atoms with Crippen LogP contribution in [0.3, 0.4) is 0 Å². The van der Waals surface area contributed by atoms with E-state index in [9.17, 15) is 4.21 Å². The van der Waals surface area contributed by atoms with Crippen molar-refractivity contribution in [2.45, 2.75) is 19.0 Å². The number of rotatable bonds is 3. The molecule has 0 aliphatic carbocycles. The zero-order valence-corrected chi connectivity index (χ0v) is 12.1. The van der Waals surface area contributed by atoms with Gasteiger partial charge in [-0.15, -0.1) is 0 Å². The first-order chi connectivity index (χ1) is 8.58. The number of benzene rings is 1. The van der Waals surface area contributed by atoms with E-state index in [1.807, 2.05) is 31.2 Å². The minimum atomic E-state index is -0.654. The van der Waals surface area contributed by atoms with Crippen molar-refractivity contribution in [1.82, 2.24) is 4.90 Å². The summed E-state index contributed by atoms with van der Waals surface area (Å²) in [5, 5.41) is 0.738. The number of halogens is 1. The van der Waals surface area contributed by atoms with Crippen molar-refractivity contribution >= 4 is 22.4 Å². The van der Waals surface area contributed by atoms with Gasteiger partial charge in [-0.3, -0.25) is 9.11 Å². The first kappa shape index (κ1) is 14.0. The highest BCUT2D eigenvalue weighted by atomic mass is 35.5. The Balaban J connectivity index is 2.17. The molecule has 0 radical (unpaired) electrons. The molecule has 1 fully saturated rings. The van der Waals surface area contributed by atoms with Gasteiger partial charge in [0.15, 0.2) is 0 Å². The van der Waals surface area contributed by atoms with Gasteiger partial charge in [0, 0.05) is 52.5 Å². The van der Waals surface area contributed by atoms with Crippen molar-refractivity contribution < 1.29 is 4.21 Å². The molecule has 1 heterocycles. The molecule has 0 saturated carbocycles. The van der Waals surface area contributed by atoms with Crippen LogP contribution < -0.4 is 5.73 Å². The van der Waals surface area contributed by atoms with Crippen LogP contribution in [-0.2, 0) is 10.8 Å². The lowest BCUT2D eigenvalue weighted by Crippen LogP contribution is -2.46. The Morgan fingerprint density at radius 1 is 1.28 bits per heavy atom. The van der Waals surface area contributed by atoms with Gasteiger partial charge in [-0.2, -0.15) is 0 Å². The maximum Gasteiger partial charge on any atom is 0.0497 e. The molecule has 2 rings (SSSR count). The van der Waals surface area contributed by atoms with Gasteiger partial charge < -0.3 is 5.73 Å². The Labute approximate surface area is 116 Å². The lowest BCUT2D eigenvalue weighted by molar-refractivity contribution is 0.193. The first-order valence-corrected chi connectivity index (χ1v) is 8.04. The van der Waals surface area contributed by atoms with Crippen molar-refractivity contribution in [3.63, 3.8) is 0 Å². The summed E-state index contributed by atoms with van der Waals surface area (Å²) in [5.41, 5.74) is 7.30. The molecule has 0 aromatic heterocycles. The summed E-state index contributed by atoms with van der Waals surface area (Å²) in [6.45, 7) is 3.72. The third-order valence-corrected chi connectivity index (χ3v) is 4.84. The van der Waals surface area contributed by atoms with Crippen LogP contribution in [0, 0.1) is 0 Å². The highest BCUT2D eigenvalue weighted by Gasteiger charge is 2.27. The van der Waals surface area contributed by atoms with Crippen molar-refractivity contribution in [3.05, 3.63) is 34.9 Å². The Morgan fingerprint density at radius 3 is 2.33 bits per heavy atom. The number of nitrogens with zero attached hydrogens (tertiary/aromatic N) is 1. The smallest absolute Gasteiger partial charge is 0.0497 e. The van der Waals surface area contributed by atoms with Crippen LogP contribution in [0.25, 0.3) is 0 Å². The summed E-state index contributed by atoms with van der Waals surface area (Å²) >= 11 is 5.92. The maximum atomic E-state index is 11.4. The number of hydrogen-bond donors (Lipinski definition) is 1. The zero-order valence-electron chi connectivity index (χ0n) is 10.5. The largest absolute Gasteiger partial charge is 0.326 e. The fourth-order valence-corrected chi connectivity index (χ4v) is 3.64. The average molecular weight is 287 g/mol. The summed E-state index contributed by atoms with van der Waals surface area (Å²) in [4.78, 5) is 2.33. The van der Waals surface area contributed by atoms with Crippen LogP contribution in [0.2, 0.25) is 5.02 Å². The van der Waals surface area contributed by atoms with Crippen LogP contribution in [0.1, 0.15) is 18.5 Å². The van der Waals surface area contributed by atoms with Gasteiger partial charge in [0.2, 0.25) is 0 Å². The Bertz CT molecular complexity index is 412. The molecule has 3 nitrogen and oxygen atoms in total. The molecule has 0 bridgehead atoms. The molecule has 1 aliphatic heterocycles. The number of nitrogens with two attached hydrogens (primary N) is 1. The highest BCUT2D eigenvalue weighted by Crippen LogP contribution is 2.26. The molecule has 1 aliphatic rings. The second-order valence-electron chi connectivity index (χ2n) is 4.74. The zero-order chi connectivity index (χ0) is 13.1. The second kappa shape index (κ2) is 6.15. The minimum Gasteiger partial charge on any atom is -0.326 e. The Morgan fingerprint density at radius 2 is 1.83 bits per heavy atom. The molecule has 18 heavy (non-hydrogen) atoms. The summed E-state index contributed by atoms with van der Waals surface area (Å²) in [5.74, 6) is 1.49. The van der Waals surface area contributed by atoms with Crippen molar-refractivity contribution in [1.29, 1.82) is 0 Å². The summed E-state index contributed by atoms with van der Waals surface area (Å²) in [6, 6.07) is 8.07. The maximum absolute atomic E-state index is 11.4. The quantitative estimate of drug-likeness (QED) is 0.922. The van der Waals surface area contributed by atoms with E-state index < -0.39 is 10.8 Å². The standard InChI is InChI=1S/C13H19ClN2OS/c1-10(15)13(11-2-4-12(14)5-3-11)16-6-8-18(17)9-7-16/h2-5,10,13H,6-9,15H2,1H3. The van der Waals surface area contributed by atoms with Crippen molar-refractivity contribution in [3.8, 4) is 0 Å². The van der Waals surface area contributed by atoms with Crippen LogP contribution in [-0.4, -0.2) is 39.7 Å². The van der Waals surface area contributed by atoms with Gasteiger partial charge in [0.05, 0.1) is 0 Å². The van der Waals surface area contributed by atoms with Gasteiger partial charge in [-0.05, 0) is 24.6 Å².